The normalized spacial score (nSPS) is 15.0. The smallest absolute Gasteiger partial charge is 0.339 e. The first-order chi connectivity index (χ1) is 13.8. The third-order valence-corrected chi connectivity index (χ3v) is 5.46. The number of amides is 1. The predicted octanol–water partition coefficient (Wildman–Crippen LogP) is 1.78. The van der Waals surface area contributed by atoms with Crippen molar-refractivity contribution in [1.82, 2.24) is 5.32 Å². The first-order valence-electron chi connectivity index (χ1n) is 10.1. The maximum absolute atomic E-state index is 12.4. The Labute approximate surface area is 169 Å². The van der Waals surface area contributed by atoms with Crippen LogP contribution in [0, 0.1) is 6.92 Å². The van der Waals surface area contributed by atoms with E-state index in [9.17, 15) is 19.5 Å². The first kappa shape index (κ1) is 20.9. The highest BCUT2D eigenvalue weighted by atomic mass is 16.5. The number of benzene rings is 1. The number of fused-ring (bicyclic) bond motifs is 3. The van der Waals surface area contributed by atoms with Crippen molar-refractivity contribution >= 4 is 22.8 Å². The van der Waals surface area contributed by atoms with Gasteiger partial charge in [0.2, 0.25) is 0 Å². The Morgan fingerprint density at radius 3 is 2.69 bits per heavy atom. The molecule has 0 fully saturated rings. The quantitative estimate of drug-likeness (QED) is 0.677. The Morgan fingerprint density at radius 2 is 2.00 bits per heavy atom. The number of ether oxygens (including phenoxy) is 1. The molecular weight excluding hydrogens is 374 g/mol. The van der Waals surface area contributed by atoms with Gasteiger partial charge in [-0.1, -0.05) is 19.8 Å². The van der Waals surface area contributed by atoms with Crippen LogP contribution >= 0.6 is 0 Å². The number of carbonyl (C=O) groups is 2. The molecule has 0 bridgehead atoms. The second kappa shape index (κ2) is 8.68. The van der Waals surface area contributed by atoms with Crippen molar-refractivity contribution in [2.45, 2.75) is 71.4 Å². The van der Waals surface area contributed by atoms with Crippen molar-refractivity contribution in [3.63, 3.8) is 0 Å². The molecule has 1 aliphatic rings. The number of carboxylic acid groups (broad SMARTS) is 1. The Morgan fingerprint density at radius 1 is 1.28 bits per heavy atom. The molecule has 0 aliphatic heterocycles. The Balaban J connectivity index is 1.80. The SMILES string of the molecule is CCCC[C@@H](NC(=O)[C@@H](C)Oc1ccc2c3c(c(=O)oc2c1C)CCC3)C(=O)[O-]. The molecule has 1 heterocycles. The predicted molar refractivity (Wildman–Crippen MR) is 106 cm³/mol. The van der Waals surface area contributed by atoms with Gasteiger partial charge >= 0.3 is 5.63 Å². The number of aryl methyl sites for hydroxylation is 2. The van der Waals surface area contributed by atoms with Gasteiger partial charge in [-0.25, -0.2) is 4.79 Å². The fraction of sp³-hybridized carbons (Fsp3) is 0.500. The lowest BCUT2D eigenvalue weighted by atomic mass is 10.0. The van der Waals surface area contributed by atoms with E-state index < -0.39 is 24.0 Å². The maximum atomic E-state index is 12.4. The summed E-state index contributed by atoms with van der Waals surface area (Å²) in [5, 5.41) is 14.6. The number of rotatable bonds is 8. The summed E-state index contributed by atoms with van der Waals surface area (Å²) in [5.41, 5.74) is 2.57. The van der Waals surface area contributed by atoms with Crippen molar-refractivity contribution in [2.75, 3.05) is 0 Å². The fourth-order valence-electron chi connectivity index (χ4n) is 3.78. The molecule has 3 rings (SSSR count). The largest absolute Gasteiger partial charge is 0.548 e. The Hall–Kier alpha value is -2.83. The van der Waals surface area contributed by atoms with E-state index in [1.54, 1.807) is 19.9 Å². The zero-order valence-corrected chi connectivity index (χ0v) is 17.0. The van der Waals surface area contributed by atoms with Crippen LogP contribution in [-0.2, 0) is 22.4 Å². The van der Waals surface area contributed by atoms with E-state index >= 15 is 0 Å². The van der Waals surface area contributed by atoms with E-state index in [4.69, 9.17) is 9.15 Å². The molecule has 29 heavy (non-hydrogen) atoms. The molecule has 0 saturated carbocycles. The molecule has 0 spiro atoms. The van der Waals surface area contributed by atoms with Gasteiger partial charge in [0.15, 0.2) is 6.10 Å². The molecule has 1 aliphatic carbocycles. The zero-order valence-electron chi connectivity index (χ0n) is 17.0. The molecule has 7 nitrogen and oxygen atoms in total. The summed E-state index contributed by atoms with van der Waals surface area (Å²) in [6, 6.07) is 2.56. The molecule has 1 aromatic heterocycles. The molecule has 1 N–H and O–H groups in total. The van der Waals surface area contributed by atoms with Crippen LogP contribution in [0.1, 0.15) is 56.2 Å². The van der Waals surface area contributed by atoms with Gasteiger partial charge in [-0.3, -0.25) is 4.79 Å². The molecule has 2 atom stereocenters. The average Bonchev–Trinajstić information content (AvgIpc) is 3.18. The highest BCUT2D eigenvalue weighted by Gasteiger charge is 2.23. The maximum Gasteiger partial charge on any atom is 0.339 e. The van der Waals surface area contributed by atoms with Gasteiger partial charge in [0.25, 0.3) is 5.91 Å². The number of hydrogen-bond acceptors (Lipinski definition) is 6. The molecule has 156 valence electrons. The summed E-state index contributed by atoms with van der Waals surface area (Å²) < 4.78 is 11.3. The van der Waals surface area contributed by atoms with Gasteiger partial charge < -0.3 is 24.4 Å². The lowest BCUT2D eigenvalue weighted by Crippen LogP contribution is -2.51. The van der Waals surface area contributed by atoms with E-state index in [1.807, 2.05) is 13.0 Å². The summed E-state index contributed by atoms with van der Waals surface area (Å²) in [6.07, 6.45) is 3.39. The summed E-state index contributed by atoms with van der Waals surface area (Å²) >= 11 is 0. The van der Waals surface area contributed by atoms with Crippen LogP contribution in [0.25, 0.3) is 11.0 Å². The fourth-order valence-corrected chi connectivity index (χ4v) is 3.78. The minimum absolute atomic E-state index is 0.308. The zero-order chi connectivity index (χ0) is 21.1. The number of hydrogen-bond donors (Lipinski definition) is 1. The van der Waals surface area contributed by atoms with Crippen molar-refractivity contribution in [1.29, 1.82) is 0 Å². The molecule has 1 aromatic carbocycles. The first-order valence-corrected chi connectivity index (χ1v) is 10.1. The second-order valence-corrected chi connectivity index (χ2v) is 7.55. The van der Waals surface area contributed by atoms with E-state index in [0.29, 0.717) is 29.7 Å². The number of carbonyl (C=O) groups excluding carboxylic acids is 2. The third kappa shape index (κ3) is 4.28. The number of unbranched alkanes of at least 4 members (excludes halogenated alkanes) is 1. The highest BCUT2D eigenvalue weighted by Crippen LogP contribution is 2.33. The summed E-state index contributed by atoms with van der Waals surface area (Å²) in [4.78, 5) is 35.9. The molecule has 1 amide bonds. The average molecular weight is 400 g/mol. The molecule has 2 aromatic rings. The minimum Gasteiger partial charge on any atom is -0.548 e. The van der Waals surface area contributed by atoms with Gasteiger partial charge in [0, 0.05) is 16.5 Å². The van der Waals surface area contributed by atoms with Gasteiger partial charge in [0.1, 0.15) is 11.3 Å². The van der Waals surface area contributed by atoms with E-state index in [0.717, 1.165) is 42.2 Å². The van der Waals surface area contributed by atoms with Crippen LogP contribution in [-0.4, -0.2) is 24.0 Å². The van der Waals surface area contributed by atoms with Gasteiger partial charge in [-0.2, -0.15) is 0 Å². The summed E-state index contributed by atoms with van der Waals surface area (Å²) in [6.45, 7) is 5.26. The standard InChI is InChI=1S/C22H27NO6/c1-4-5-9-17(21(25)26)23-20(24)13(3)28-18-11-10-15-14-7-6-8-16(14)22(27)29-19(15)12(18)2/h10-11,13,17H,4-9H2,1-3H3,(H,23,24)(H,25,26)/p-1/t13-,17-/m1/s1. The molecule has 0 saturated heterocycles. The van der Waals surface area contributed by atoms with Gasteiger partial charge in [-0.15, -0.1) is 0 Å². The summed E-state index contributed by atoms with van der Waals surface area (Å²) in [5.74, 6) is -1.43. The molecule has 0 unspecified atom stereocenters. The van der Waals surface area contributed by atoms with Crippen molar-refractivity contribution in [3.05, 3.63) is 39.2 Å². The van der Waals surface area contributed by atoms with E-state index in [2.05, 4.69) is 5.32 Å². The summed E-state index contributed by atoms with van der Waals surface area (Å²) in [7, 11) is 0. The Bertz CT molecular complexity index is 993. The number of aliphatic carboxylic acids is 1. The van der Waals surface area contributed by atoms with Crippen LogP contribution in [0.2, 0.25) is 0 Å². The third-order valence-electron chi connectivity index (χ3n) is 5.46. The molecular formula is C22H26NO6-. The van der Waals surface area contributed by atoms with Crippen molar-refractivity contribution < 1.29 is 23.8 Å². The van der Waals surface area contributed by atoms with Gasteiger partial charge in [0.05, 0.1) is 12.0 Å². The van der Waals surface area contributed by atoms with Crippen molar-refractivity contribution in [2.24, 2.45) is 0 Å². The van der Waals surface area contributed by atoms with Crippen LogP contribution in [0.3, 0.4) is 0 Å². The van der Waals surface area contributed by atoms with Crippen molar-refractivity contribution in [3.8, 4) is 5.75 Å². The van der Waals surface area contributed by atoms with E-state index in [-0.39, 0.29) is 5.63 Å². The highest BCUT2D eigenvalue weighted by molar-refractivity contribution is 5.87. The monoisotopic (exact) mass is 400 g/mol. The van der Waals surface area contributed by atoms with Crippen LogP contribution in [0.15, 0.2) is 21.3 Å². The topological polar surface area (TPSA) is 109 Å². The number of carboxylic acids is 1. The van der Waals surface area contributed by atoms with Crippen LogP contribution in [0.4, 0.5) is 0 Å². The molecule has 7 heteroatoms. The number of nitrogens with one attached hydrogen (secondary N) is 1. The van der Waals surface area contributed by atoms with Gasteiger partial charge in [-0.05, 0) is 57.2 Å². The van der Waals surface area contributed by atoms with Crippen LogP contribution in [0.5, 0.6) is 5.75 Å². The van der Waals surface area contributed by atoms with Crippen LogP contribution < -0.4 is 20.8 Å². The van der Waals surface area contributed by atoms with E-state index in [1.165, 1.54) is 0 Å². The minimum atomic E-state index is -1.31. The lowest BCUT2D eigenvalue weighted by Gasteiger charge is -2.23. The lowest BCUT2D eigenvalue weighted by molar-refractivity contribution is -0.308. The second-order valence-electron chi connectivity index (χ2n) is 7.55. The molecule has 0 radical (unpaired) electrons. The Kier molecular flexibility index (Phi) is 6.25.